The van der Waals surface area contributed by atoms with E-state index < -0.39 is 5.97 Å². The second-order valence-electron chi connectivity index (χ2n) is 5.08. The van der Waals surface area contributed by atoms with Gasteiger partial charge in [-0.05, 0) is 43.0 Å². The summed E-state index contributed by atoms with van der Waals surface area (Å²) in [5.41, 5.74) is 6.20. The fourth-order valence-electron chi connectivity index (χ4n) is 1.67. The fourth-order valence-corrected chi connectivity index (χ4v) is 1.67. The minimum absolute atomic E-state index is 0.0975. The Morgan fingerprint density at radius 1 is 1.24 bits per heavy atom. The largest absolute Gasteiger partial charge is 0.493 e. The van der Waals surface area contributed by atoms with Gasteiger partial charge in [0, 0.05) is 12.2 Å². The summed E-state index contributed by atoms with van der Waals surface area (Å²) >= 11 is 0. The second-order valence-corrected chi connectivity index (χ2v) is 5.08. The maximum Gasteiger partial charge on any atom is 0.309 e. The third-order valence-electron chi connectivity index (χ3n) is 3.10. The molecule has 1 aliphatic rings. The Morgan fingerprint density at radius 2 is 1.95 bits per heavy atom. The Bertz CT molecular complexity index is 483. The van der Waals surface area contributed by atoms with Crippen molar-refractivity contribution in [3.8, 4) is 5.75 Å². The first-order chi connectivity index (χ1) is 10.1. The highest BCUT2D eigenvalue weighted by molar-refractivity contribution is 5.80. The van der Waals surface area contributed by atoms with Gasteiger partial charge < -0.3 is 20.5 Å². The van der Waals surface area contributed by atoms with E-state index in [4.69, 9.17) is 15.2 Å². The molecule has 0 heterocycles. The number of nitrogen functional groups attached to an aromatic ring is 1. The number of nitrogens with one attached hydrogen (secondary N) is 1. The standard InChI is InChI=1S/C15H20N2O4/c16-12-3-5-13(6-4-12)20-8-7-15(19)21-10-14(18)17-9-11-1-2-11/h3-6,11H,1-2,7-10,16H2,(H,17,18). The van der Waals surface area contributed by atoms with Gasteiger partial charge in [-0.3, -0.25) is 9.59 Å². The van der Waals surface area contributed by atoms with E-state index in [0.29, 0.717) is 23.9 Å². The number of esters is 1. The van der Waals surface area contributed by atoms with Gasteiger partial charge in [-0.25, -0.2) is 0 Å². The number of hydrogen-bond acceptors (Lipinski definition) is 5. The number of nitrogens with two attached hydrogens (primary N) is 1. The summed E-state index contributed by atoms with van der Waals surface area (Å²) in [6.07, 6.45) is 2.44. The van der Waals surface area contributed by atoms with Crippen LogP contribution in [0.1, 0.15) is 19.3 Å². The number of carbonyl (C=O) groups excluding carboxylic acids is 2. The van der Waals surface area contributed by atoms with Crippen molar-refractivity contribution in [2.24, 2.45) is 5.92 Å². The van der Waals surface area contributed by atoms with Crippen molar-refractivity contribution < 1.29 is 19.1 Å². The van der Waals surface area contributed by atoms with Gasteiger partial charge in [0.1, 0.15) is 5.75 Å². The molecule has 0 unspecified atom stereocenters. The zero-order chi connectivity index (χ0) is 15.1. The zero-order valence-corrected chi connectivity index (χ0v) is 11.8. The molecule has 0 aromatic heterocycles. The molecule has 1 aromatic carbocycles. The highest BCUT2D eigenvalue weighted by Crippen LogP contribution is 2.27. The van der Waals surface area contributed by atoms with Crippen molar-refractivity contribution in [3.63, 3.8) is 0 Å². The molecule has 1 fully saturated rings. The molecule has 114 valence electrons. The number of benzene rings is 1. The van der Waals surface area contributed by atoms with Crippen LogP contribution in [0, 0.1) is 5.92 Å². The lowest BCUT2D eigenvalue weighted by molar-refractivity contribution is -0.149. The number of hydrogen-bond donors (Lipinski definition) is 2. The molecule has 21 heavy (non-hydrogen) atoms. The topological polar surface area (TPSA) is 90.7 Å². The summed E-state index contributed by atoms with van der Waals surface area (Å²) in [5.74, 6) is 0.541. The first-order valence-electron chi connectivity index (χ1n) is 7.04. The minimum atomic E-state index is -0.452. The third kappa shape index (κ3) is 6.16. The van der Waals surface area contributed by atoms with Crippen LogP contribution in [-0.4, -0.2) is 31.6 Å². The van der Waals surface area contributed by atoms with Crippen LogP contribution < -0.4 is 15.8 Å². The monoisotopic (exact) mass is 292 g/mol. The quantitative estimate of drug-likeness (QED) is 0.553. The highest BCUT2D eigenvalue weighted by atomic mass is 16.5. The van der Waals surface area contributed by atoms with Gasteiger partial charge in [0.2, 0.25) is 0 Å². The van der Waals surface area contributed by atoms with Crippen LogP contribution in [0.2, 0.25) is 0 Å². The average molecular weight is 292 g/mol. The van der Waals surface area contributed by atoms with E-state index in [9.17, 15) is 9.59 Å². The van der Waals surface area contributed by atoms with Crippen LogP contribution in [0.3, 0.4) is 0 Å². The minimum Gasteiger partial charge on any atom is -0.493 e. The molecular weight excluding hydrogens is 272 g/mol. The van der Waals surface area contributed by atoms with Crippen LogP contribution in [0.4, 0.5) is 5.69 Å². The first kappa shape index (κ1) is 15.2. The smallest absolute Gasteiger partial charge is 0.309 e. The van der Waals surface area contributed by atoms with E-state index in [2.05, 4.69) is 5.32 Å². The molecule has 1 aromatic rings. The van der Waals surface area contributed by atoms with Crippen LogP contribution in [0.25, 0.3) is 0 Å². The van der Waals surface area contributed by atoms with Gasteiger partial charge in [0.25, 0.3) is 5.91 Å². The van der Waals surface area contributed by atoms with E-state index in [0.717, 1.165) is 0 Å². The summed E-state index contributed by atoms with van der Waals surface area (Å²) < 4.78 is 10.2. The molecule has 3 N–H and O–H groups in total. The van der Waals surface area contributed by atoms with E-state index in [1.54, 1.807) is 24.3 Å². The van der Waals surface area contributed by atoms with Crippen molar-refractivity contribution in [1.29, 1.82) is 0 Å². The molecule has 6 heteroatoms. The number of ether oxygens (including phenoxy) is 2. The highest BCUT2D eigenvalue weighted by Gasteiger charge is 2.21. The number of amides is 1. The average Bonchev–Trinajstić information content (AvgIpc) is 3.29. The van der Waals surface area contributed by atoms with Gasteiger partial charge in [-0.1, -0.05) is 0 Å². The lowest BCUT2D eigenvalue weighted by Crippen LogP contribution is -2.30. The van der Waals surface area contributed by atoms with Crippen LogP contribution in [-0.2, 0) is 14.3 Å². The van der Waals surface area contributed by atoms with Gasteiger partial charge in [-0.2, -0.15) is 0 Å². The number of anilines is 1. The Kier molecular flexibility index (Phi) is 5.43. The molecular formula is C15H20N2O4. The van der Waals surface area contributed by atoms with Crippen molar-refractivity contribution >= 4 is 17.6 Å². The Labute approximate surface area is 123 Å². The summed E-state index contributed by atoms with van der Waals surface area (Å²) in [6, 6.07) is 6.90. The molecule has 0 atom stereocenters. The first-order valence-corrected chi connectivity index (χ1v) is 7.04. The van der Waals surface area contributed by atoms with Crippen LogP contribution in [0.15, 0.2) is 24.3 Å². The molecule has 2 rings (SSSR count). The van der Waals surface area contributed by atoms with Gasteiger partial charge >= 0.3 is 5.97 Å². The molecule has 1 aliphatic carbocycles. The van der Waals surface area contributed by atoms with E-state index in [-0.39, 0.29) is 25.5 Å². The Morgan fingerprint density at radius 3 is 2.62 bits per heavy atom. The number of rotatable bonds is 8. The predicted octanol–water partition coefficient (Wildman–Crippen LogP) is 1.11. The van der Waals surface area contributed by atoms with Gasteiger partial charge in [0.15, 0.2) is 6.61 Å². The van der Waals surface area contributed by atoms with Crippen LogP contribution in [0.5, 0.6) is 5.75 Å². The zero-order valence-electron chi connectivity index (χ0n) is 11.8. The van der Waals surface area contributed by atoms with E-state index >= 15 is 0 Å². The molecule has 0 saturated heterocycles. The SMILES string of the molecule is Nc1ccc(OCCC(=O)OCC(=O)NCC2CC2)cc1. The maximum atomic E-state index is 11.4. The maximum absolute atomic E-state index is 11.4. The molecule has 1 saturated carbocycles. The number of carbonyl (C=O) groups is 2. The molecule has 1 amide bonds. The lowest BCUT2D eigenvalue weighted by Gasteiger charge is -2.07. The second kappa shape index (κ2) is 7.52. The lowest BCUT2D eigenvalue weighted by atomic mass is 10.3. The van der Waals surface area contributed by atoms with Crippen LogP contribution >= 0.6 is 0 Å². The molecule has 0 bridgehead atoms. The Hall–Kier alpha value is -2.24. The molecule has 0 spiro atoms. The summed E-state index contributed by atoms with van der Waals surface area (Å²) in [7, 11) is 0. The Balaban J connectivity index is 1.54. The summed E-state index contributed by atoms with van der Waals surface area (Å²) in [4.78, 5) is 22.8. The predicted molar refractivity (Wildman–Crippen MR) is 77.7 cm³/mol. The normalized spacial score (nSPS) is 13.5. The third-order valence-corrected chi connectivity index (χ3v) is 3.10. The van der Waals surface area contributed by atoms with Gasteiger partial charge in [-0.15, -0.1) is 0 Å². The molecule has 6 nitrogen and oxygen atoms in total. The van der Waals surface area contributed by atoms with Gasteiger partial charge in [0.05, 0.1) is 13.0 Å². The van der Waals surface area contributed by atoms with Crippen molar-refractivity contribution in [1.82, 2.24) is 5.32 Å². The van der Waals surface area contributed by atoms with Crippen molar-refractivity contribution in [2.45, 2.75) is 19.3 Å². The summed E-state index contributed by atoms with van der Waals surface area (Å²) in [6.45, 7) is 0.649. The summed E-state index contributed by atoms with van der Waals surface area (Å²) in [5, 5.41) is 2.73. The van der Waals surface area contributed by atoms with Crippen molar-refractivity contribution in [2.75, 3.05) is 25.5 Å². The molecule has 0 radical (unpaired) electrons. The van der Waals surface area contributed by atoms with E-state index in [1.807, 2.05) is 0 Å². The van der Waals surface area contributed by atoms with Crippen molar-refractivity contribution in [3.05, 3.63) is 24.3 Å². The van der Waals surface area contributed by atoms with E-state index in [1.165, 1.54) is 12.8 Å². The fraction of sp³-hybridized carbons (Fsp3) is 0.467. The molecule has 0 aliphatic heterocycles.